The molecule has 2 aliphatic rings. The highest BCUT2D eigenvalue weighted by Gasteiger charge is 2.24. The molecule has 1 saturated heterocycles. The molecule has 1 atom stereocenters. The van der Waals surface area contributed by atoms with Gasteiger partial charge in [0.05, 0.1) is 0 Å². The van der Waals surface area contributed by atoms with Crippen LogP contribution in [-0.4, -0.2) is 47.8 Å². The first-order chi connectivity index (χ1) is 11.3. The highest BCUT2D eigenvalue weighted by Crippen LogP contribution is 2.35. The van der Waals surface area contributed by atoms with Crippen molar-refractivity contribution in [1.29, 1.82) is 0 Å². The van der Waals surface area contributed by atoms with E-state index in [0.717, 1.165) is 43.6 Å². The molecule has 0 bridgehead atoms. The number of fused-ring (bicyclic) bond motifs is 1. The molecule has 0 radical (unpaired) electrons. The van der Waals surface area contributed by atoms with E-state index in [1.807, 2.05) is 12.1 Å². The molecule has 120 valence electrons. The van der Waals surface area contributed by atoms with Crippen LogP contribution in [0.4, 0.5) is 5.95 Å². The Morgan fingerprint density at radius 2 is 1.74 bits per heavy atom. The van der Waals surface area contributed by atoms with Crippen LogP contribution in [0, 0.1) is 0 Å². The summed E-state index contributed by atoms with van der Waals surface area (Å²) in [5.74, 6) is 2.51. The van der Waals surface area contributed by atoms with Gasteiger partial charge in [0.1, 0.15) is 0 Å². The van der Waals surface area contributed by atoms with Crippen LogP contribution in [0.1, 0.15) is 18.5 Å². The Balaban J connectivity index is 1.42. The van der Waals surface area contributed by atoms with Gasteiger partial charge in [-0.2, -0.15) is 0 Å². The van der Waals surface area contributed by atoms with E-state index in [4.69, 9.17) is 9.47 Å². The van der Waals surface area contributed by atoms with Crippen molar-refractivity contribution in [3.05, 3.63) is 42.2 Å². The number of rotatable bonds is 3. The molecule has 4 rings (SSSR count). The molecule has 2 aliphatic heterocycles. The first-order valence-electron chi connectivity index (χ1n) is 7.97. The topological polar surface area (TPSA) is 50.7 Å². The molecule has 3 heterocycles. The first-order valence-corrected chi connectivity index (χ1v) is 7.97. The zero-order valence-corrected chi connectivity index (χ0v) is 13.2. The molecule has 0 aliphatic carbocycles. The molecule has 0 spiro atoms. The molecule has 0 N–H and O–H groups in total. The number of nitrogens with zero attached hydrogens (tertiary/aromatic N) is 4. The van der Waals surface area contributed by atoms with Crippen molar-refractivity contribution in [2.24, 2.45) is 0 Å². The summed E-state index contributed by atoms with van der Waals surface area (Å²) in [6.07, 6.45) is 3.59. The molecule has 23 heavy (non-hydrogen) atoms. The van der Waals surface area contributed by atoms with Gasteiger partial charge in [-0.15, -0.1) is 0 Å². The second kappa shape index (κ2) is 6.04. The highest BCUT2D eigenvalue weighted by molar-refractivity contribution is 5.45. The second-order valence-corrected chi connectivity index (χ2v) is 5.86. The predicted molar refractivity (Wildman–Crippen MR) is 86.8 cm³/mol. The third kappa shape index (κ3) is 2.82. The maximum atomic E-state index is 5.49. The van der Waals surface area contributed by atoms with Crippen LogP contribution >= 0.6 is 0 Å². The van der Waals surface area contributed by atoms with Crippen molar-refractivity contribution in [3.8, 4) is 11.5 Å². The van der Waals surface area contributed by atoms with Crippen LogP contribution < -0.4 is 14.4 Å². The van der Waals surface area contributed by atoms with Gasteiger partial charge < -0.3 is 14.4 Å². The Bertz CT molecular complexity index is 672. The van der Waals surface area contributed by atoms with E-state index in [9.17, 15) is 0 Å². The number of piperazine rings is 1. The zero-order chi connectivity index (χ0) is 15.6. The van der Waals surface area contributed by atoms with Crippen LogP contribution in [-0.2, 0) is 0 Å². The molecule has 0 amide bonds. The summed E-state index contributed by atoms with van der Waals surface area (Å²) in [4.78, 5) is 13.4. The van der Waals surface area contributed by atoms with Crippen molar-refractivity contribution in [2.45, 2.75) is 13.0 Å². The number of hydrogen-bond acceptors (Lipinski definition) is 6. The van der Waals surface area contributed by atoms with E-state index in [2.05, 4.69) is 38.8 Å². The largest absolute Gasteiger partial charge is 0.454 e. The van der Waals surface area contributed by atoms with Crippen LogP contribution in [0.2, 0.25) is 0 Å². The summed E-state index contributed by atoms with van der Waals surface area (Å²) in [5, 5.41) is 0. The average Bonchev–Trinajstić information content (AvgIpc) is 3.10. The number of hydrogen-bond donors (Lipinski definition) is 0. The Labute approximate surface area is 135 Å². The summed E-state index contributed by atoms with van der Waals surface area (Å²) >= 11 is 0. The van der Waals surface area contributed by atoms with E-state index in [1.54, 1.807) is 12.4 Å². The lowest BCUT2D eigenvalue weighted by Crippen LogP contribution is -2.47. The van der Waals surface area contributed by atoms with Crippen LogP contribution in [0.25, 0.3) is 0 Å². The molecule has 6 nitrogen and oxygen atoms in total. The van der Waals surface area contributed by atoms with Crippen molar-refractivity contribution >= 4 is 5.95 Å². The SMILES string of the molecule is C[C@H](c1ccc2c(c1)OCO2)N1CCN(c2ncccn2)CC1. The predicted octanol–water partition coefficient (Wildman–Crippen LogP) is 2.09. The van der Waals surface area contributed by atoms with Gasteiger partial charge in [-0.25, -0.2) is 9.97 Å². The van der Waals surface area contributed by atoms with E-state index in [-0.39, 0.29) is 0 Å². The summed E-state index contributed by atoms with van der Waals surface area (Å²) < 4.78 is 10.9. The summed E-state index contributed by atoms with van der Waals surface area (Å²) in [7, 11) is 0. The van der Waals surface area contributed by atoms with E-state index >= 15 is 0 Å². The van der Waals surface area contributed by atoms with Crippen molar-refractivity contribution in [1.82, 2.24) is 14.9 Å². The number of aromatic nitrogens is 2. The van der Waals surface area contributed by atoms with Crippen molar-refractivity contribution in [2.75, 3.05) is 37.9 Å². The number of anilines is 1. The van der Waals surface area contributed by atoms with Gasteiger partial charge in [0.2, 0.25) is 12.7 Å². The highest BCUT2D eigenvalue weighted by atomic mass is 16.7. The Hall–Kier alpha value is -2.34. The van der Waals surface area contributed by atoms with Gasteiger partial charge in [0.15, 0.2) is 11.5 Å². The van der Waals surface area contributed by atoms with E-state index in [1.165, 1.54) is 5.56 Å². The van der Waals surface area contributed by atoms with Crippen LogP contribution in [0.15, 0.2) is 36.7 Å². The molecule has 1 fully saturated rings. The Morgan fingerprint density at radius 1 is 1.00 bits per heavy atom. The lowest BCUT2D eigenvalue weighted by atomic mass is 10.1. The van der Waals surface area contributed by atoms with Crippen molar-refractivity contribution in [3.63, 3.8) is 0 Å². The van der Waals surface area contributed by atoms with Gasteiger partial charge >= 0.3 is 0 Å². The molecular weight excluding hydrogens is 292 g/mol. The lowest BCUT2D eigenvalue weighted by Gasteiger charge is -2.38. The van der Waals surface area contributed by atoms with Crippen molar-refractivity contribution < 1.29 is 9.47 Å². The molecular formula is C17H20N4O2. The van der Waals surface area contributed by atoms with Gasteiger partial charge in [-0.3, -0.25) is 4.90 Å². The Kier molecular flexibility index (Phi) is 3.75. The third-order valence-electron chi connectivity index (χ3n) is 4.58. The van der Waals surface area contributed by atoms with Gasteiger partial charge in [0.25, 0.3) is 0 Å². The minimum Gasteiger partial charge on any atom is -0.454 e. The molecule has 0 unspecified atom stereocenters. The summed E-state index contributed by atoms with van der Waals surface area (Å²) in [6.45, 7) is 6.44. The molecule has 6 heteroatoms. The Morgan fingerprint density at radius 3 is 2.52 bits per heavy atom. The quantitative estimate of drug-likeness (QED) is 0.865. The van der Waals surface area contributed by atoms with Crippen LogP contribution in [0.3, 0.4) is 0 Å². The monoisotopic (exact) mass is 312 g/mol. The minimum absolute atomic E-state index is 0.322. The third-order valence-corrected chi connectivity index (χ3v) is 4.58. The fourth-order valence-corrected chi connectivity index (χ4v) is 3.15. The normalized spacial score (nSPS) is 18.9. The van der Waals surface area contributed by atoms with E-state index in [0.29, 0.717) is 12.8 Å². The maximum absolute atomic E-state index is 5.49. The first kappa shape index (κ1) is 14.3. The zero-order valence-electron chi connectivity index (χ0n) is 13.2. The average molecular weight is 312 g/mol. The van der Waals surface area contributed by atoms with Gasteiger partial charge in [-0.1, -0.05) is 6.07 Å². The lowest BCUT2D eigenvalue weighted by molar-refractivity contribution is 0.173. The minimum atomic E-state index is 0.322. The fraction of sp³-hybridized carbons (Fsp3) is 0.412. The summed E-state index contributed by atoms with van der Waals surface area (Å²) in [6, 6.07) is 8.43. The van der Waals surface area contributed by atoms with E-state index < -0.39 is 0 Å². The molecule has 1 aromatic carbocycles. The summed E-state index contributed by atoms with van der Waals surface area (Å²) in [5.41, 5.74) is 1.26. The molecule has 1 aromatic heterocycles. The number of ether oxygens (including phenoxy) is 2. The number of benzene rings is 1. The van der Waals surface area contributed by atoms with Crippen LogP contribution in [0.5, 0.6) is 11.5 Å². The second-order valence-electron chi connectivity index (χ2n) is 5.86. The van der Waals surface area contributed by atoms with Gasteiger partial charge in [-0.05, 0) is 30.7 Å². The molecule has 0 saturated carbocycles. The van der Waals surface area contributed by atoms with Gasteiger partial charge in [0, 0.05) is 44.6 Å². The molecule has 2 aromatic rings. The smallest absolute Gasteiger partial charge is 0.231 e. The fourth-order valence-electron chi connectivity index (χ4n) is 3.15. The standard InChI is InChI=1S/C17H20N4O2/c1-13(14-3-4-15-16(11-14)23-12-22-15)20-7-9-21(10-8-20)17-18-5-2-6-19-17/h2-6,11,13H,7-10,12H2,1H3/t13-/m1/s1. The maximum Gasteiger partial charge on any atom is 0.231 e.